The molecule has 106 valence electrons. The lowest BCUT2D eigenvalue weighted by molar-refractivity contribution is 0.0527. The van der Waals surface area contributed by atoms with Gasteiger partial charge in [0.25, 0.3) is 0 Å². The molecule has 0 aromatic heterocycles. The van der Waals surface area contributed by atoms with Gasteiger partial charge in [-0.1, -0.05) is 0 Å². The van der Waals surface area contributed by atoms with Gasteiger partial charge in [0.1, 0.15) is 5.60 Å². The van der Waals surface area contributed by atoms with Crippen LogP contribution in [0.5, 0.6) is 0 Å². The highest BCUT2D eigenvalue weighted by Gasteiger charge is 2.41. The highest BCUT2D eigenvalue weighted by molar-refractivity contribution is 5.67. The average molecular weight is 258 g/mol. The Kier molecular flexibility index (Phi) is 5.41. The van der Waals surface area contributed by atoms with Gasteiger partial charge in [0.2, 0.25) is 0 Å². The summed E-state index contributed by atoms with van der Waals surface area (Å²) in [4.78, 5) is 11.3. The van der Waals surface area contributed by atoms with E-state index in [0.717, 1.165) is 32.4 Å². The van der Waals surface area contributed by atoms with E-state index < -0.39 is 5.60 Å². The number of ether oxygens (including phenoxy) is 1. The fraction of sp³-hybridized carbons (Fsp3) is 0.923. The van der Waals surface area contributed by atoms with E-state index >= 15 is 0 Å². The van der Waals surface area contributed by atoms with Crippen molar-refractivity contribution in [3.05, 3.63) is 0 Å². The third kappa shape index (κ3) is 6.21. The van der Waals surface area contributed by atoms with E-state index in [1.807, 2.05) is 20.8 Å². The van der Waals surface area contributed by atoms with Crippen molar-refractivity contribution >= 4 is 6.09 Å². The smallest absolute Gasteiger partial charge is 0.407 e. The van der Waals surface area contributed by atoms with E-state index in [1.54, 1.807) is 0 Å². The van der Waals surface area contributed by atoms with Crippen LogP contribution < -0.4 is 10.6 Å². The van der Waals surface area contributed by atoms with Crippen molar-refractivity contribution < 1.29 is 14.6 Å². The molecule has 0 heterocycles. The van der Waals surface area contributed by atoms with Gasteiger partial charge in [-0.2, -0.15) is 0 Å². The van der Waals surface area contributed by atoms with E-state index in [0.29, 0.717) is 6.54 Å². The second kappa shape index (κ2) is 6.38. The van der Waals surface area contributed by atoms with Crippen LogP contribution in [-0.2, 0) is 4.74 Å². The fourth-order valence-electron chi connectivity index (χ4n) is 1.64. The zero-order valence-corrected chi connectivity index (χ0v) is 11.7. The topological polar surface area (TPSA) is 70.6 Å². The normalized spacial score (nSPS) is 17.3. The molecule has 0 aliphatic heterocycles. The summed E-state index contributed by atoms with van der Waals surface area (Å²) in [5.74, 6) is 0. The van der Waals surface area contributed by atoms with Crippen molar-refractivity contribution in [3.63, 3.8) is 0 Å². The first kappa shape index (κ1) is 15.2. The van der Waals surface area contributed by atoms with Gasteiger partial charge in [0, 0.05) is 25.1 Å². The lowest BCUT2D eigenvalue weighted by atomic mass is 10.1. The van der Waals surface area contributed by atoms with Gasteiger partial charge in [-0.15, -0.1) is 0 Å². The predicted molar refractivity (Wildman–Crippen MR) is 70.5 cm³/mol. The molecular formula is C13H26N2O3. The molecule has 1 fully saturated rings. The maximum atomic E-state index is 11.3. The quantitative estimate of drug-likeness (QED) is 0.601. The summed E-state index contributed by atoms with van der Waals surface area (Å²) in [7, 11) is 0. The second-order valence-corrected chi connectivity index (χ2v) is 6.12. The molecule has 0 unspecified atom stereocenters. The molecule has 1 saturated carbocycles. The van der Waals surface area contributed by atoms with Crippen LogP contribution in [0.2, 0.25) is 0 Å². The number of rotatable bonds is 7. The SMILES string of the molecule is CC(C)(C)OC(=O)NCCCNCC1(CO)CC1. The number of hydrogen-bond acceptors (Lipinski definition) is 4. The average Bonchev–Trinajstić information content (AvgIpc) is 3.01. The molecule has 0 bridgehead atoms. The molecule has 0 saturated heterocycles. The monoisotopic (exact) mass is 258 g/mol. The number of aliphatic hydroxyl groups excluding tert-OH is 1. The third-order valence-electron chi connectivity index (χ3n) is 2.99. The van der Waals surface area contributed by atoms with Crippen LogP contribution >= 0.6 is 0 Å². The van der Waals surface area contributed by atoms with Gasteiger partial charge < -0.3 is 20.5 Å². The third-order valence-corrected chi connectivity index (χ3v) is 2.99. The van der Waals surface area contributed by atoms with E-state index in [2.05, 4.69) is 10.6 Å². The van der Waals surface area contributed by atoms with Crippen molar-refractivity contribution in [2.75, 3.05) is 26.2 Å². The summed E-state index contributed by atoms with van der Waals surface area (Å²) in [6.45, 7) is 8.13. The fourth-order valence-corrected chi connectivity index (χ4v) is 1.64. The highest BCUT2D eigenvalue weighted by Crippen LogP contribution is 2.44. The molecule has 0 atom stereocenters. The Bertz CT molecular complexity index is 270. The van der Waals surface area contributed by atoms with Gasteiger partial charge in [-0.05, 0) is 46.6 Å². The molecular weight excluding hydrogens is 232 g/mol. The first-order valence-corrected chi connectivity index (χ1v) is 6.65. The van der Waals surface area contributed by atoms with Crippen LogP contribution in [0.1, 0.15) is 40.0 Å². The molecule has 3 N–H and O–H groups in total. The summed E-state index contributed by atoms with van der Waals surface area (Å²) in [6.07, 6.45) is 2.73. The van der Waals surface area contributed by atoms with Crippen molar-refractivity contribution in [3.8, 4) is 0 Å². The maximum absolute atomic E-state index is 11.3. The van der Waals surface area contributed by atoms with Gasteiger partial charge >= 0.3 is 6.09 Å². The summed E-state index contributed by atoms with van der Waals surface area (Å²) in [6, 6.07) is 0. The van der Waals surface area contributed by atoms with E-state index in [9.17, 15) is 4.79 Å². The number of carbonyl (C=O) groups excluding carboxylic acids is 1. The number of aliphatic hydroxyl groups is 1. The predicted octanol–water partition coefficient (Wildman–Crippen LogP) is 1.26. The Morgan fingerprint density at radius 3 is 2.50 bits per heavy atom. The summed E-state index contributed by atoms with van der Waals surface area (Å²) in [5, 5.41) is 15.2. The van der Waals surface area contributed by atoms with Crippen molar-refractivity contribution in [2.24, 2.45) is 5.41 Å². The number of hydrogen-bond donors (Lipinski definition) is 3. The maximum Gasteiger partial charge on any atom is 0.407 e. The Morgan fingerprint density at radius 1 is 1.33 bits per heavy atom. The van der Waals surface area contributed by atoms with Gasteiger partial charge in [0.15, 0.2) is 0 Å². The molecule has 0 aromatic rings. The van der Waals surface area contributed by atoms with Crippen LogP contribution in [0.3, 0.4) is 0 Å². The molecule has 0 spiro atoms. The Morgan fingerprint density at radius 2 is 2.00 bits per heavy atom. The zero-order valence-electron chi connectivity index (χ0n) is 11.7. The minimum absolute atomic E-state index is 0.151. The molecule has 0 radical (unpaired) electrons. The standard InChI is InChI=1S/C13H26N2O3/c1-12(2,3)18-11(17)15-8-4-7-14-9-13(10-16)5-6-13/h14,16H,4-10H2,1-3H3,(H,15,17). The molecule has 1 rings (SSSR count). The Hall–Kier alpha value is -0.810. The largest absolute Gasteiger partial charge is 0.444 e. The van der Waals surface area contributed by atoms with Crippen molar-refractivity contribution in [1.82, 2.24) is 10.6 Å². The number of carbonyl (C=O) groups is 1. The van der Waals surface area contributed by atoms with Gasteiger partial charge in [0.05, 0.1) is 0 Å². The van der Waals surface area contributed by atoms with Crippen molar-refractivity contribution in [1.29, 1.82) is 0 Å². The lowest BCUT2D eigenvalue weighted by Crippen LogP contribution is -2.34. The van der Waals surface area contributed by atoms with Crippen LogP contribution in [0.4, 0.5) is 4.79 Å². The number of amides is 1. The first-order valence-electron chi connectivity index (χ1n) is 6.65. The van der Waals surface area contributed by atoms with Gasteiger partial charge in [-0.3, -0.25) is 0 Å². The van der Waals surface area contributed by atoms with Crippen molar-refractivity contribution in [2.45, 2.75) is 45.6 Å². The zero-order chi connectivity index (χ0) is 13.6. The Labute approximate surface area is 109 Å². The van der Waals surface area contributed by atoms with Crippen LogP contribution in [0, 0.1) is 5.41 Å². The van der Waals surface area contributed by atoms with Crippen LogP contribution in [-0.4, -0.2) is 43.0 Å². The first-order chi connectivity index (χ1) is 8.37. The van der Waals surface area contributed by atoms with Gasteiger partial charge in [-0.25, -0.2) is 4.79 Å². The minimum atomic E-state index is -0.443. The van der Waals surface area contributed by atoms with E-state index in [4.69, 9.17) is 9.84 Å². The summed E-state index contributed by atoms with van der Waals surface area (Å²) < 4.78 is 5.12. The lowest BCUT2D eigenvalue weighted by Gasteiger charge is -2.19. The number of nitrogens with one attached hydrogen (secondary N) is 2. The second-order valence-electron chi connectivity index (χ2n) is 6.12. The van der Waals surface area contributed by atoms with E-state index in [1.165, 1.54) is 0 Å². The molecule has 18 heavy (non-hydrogen) atoms. The van der Waals surface area contributed by atoms with Crippen LogP contribution in [0.15, 0.2) is 0 Å². The molecule has 5 heteroatoms. The number of alkyl carbamates (subject to hydrolysis) is 1. The Balaban J connectivity index is 1.94. The molecule has 1 aliphatic rings. The summed E-state index contributed by atoms with van der Waals surface area (Å²) in [5.41, 5.74) is -0.291. The molecule has 0 aromatic carbocycles. The molecule has 1 aliphatic carbocycles. The van der Waals surface area contributed by atoms with E-state index in [-0.39, 0.29) is 18.1 Å². The highest BCUT2D eigenvalue weighted by atomic mass is 16.6. The minimum Gasteiger partial charge on any atom is -0.444 e. The molecule has 1 amide bonds. The summed E-state index contributed by atoms with van der Waals surface area (Å²) >= 11 is 0. The van der Waals surface area contributed by atoms with Crippen LogP contribution in [0.25, 0.3) is 0 Å². The molecule has 5 nitrogen and oxygen atoms in total.